The van der Waals surface area contributed by atoms with Crippen LogP contribution in [-0.2, 0) is 33.3 Å². The third-order valence-corrected chi connectivity index (χ3v) is 15.8. The molecule has 2 unspecified atom stereocenters. The lowest BCUT2D eigenvalue weighted by Gasteiger charge is -2.26. The number of hydrogen-bond acceptors (Lipinski definition) is 8. The average molecular weight is 1340 g/mol. The van der Waals surface area contributed by atoms with E-state index in [1.807, 2.05) is 21.1 Å². The van der Waals surface area contributed by atoms with Crippen molar-refractivity contribution in [1.29, 1.82) is 0 Å². The minimum Gasteiger partial charge on any atom is -0.545 e. The third-order valence-electron chi connectivity index (χ3n) is 15.8. The van der Waals surface area contributed by atoms with Gasteiger partial charge in [-0.15, -0.1) is 0 Å². The molecule has 0 aliphatic carbocycles. The molecule has 0 aliphatic heterocycles. The Morgan fingerprint density at radius 2 is 0.557 bits per heavy atom. The Bertz CT molecular complexity index is 2310. The van der Waals surface area contributed by atoms with Crippen LogP contribution in [0.15, 0.2) is 194 Å². The summed E-state index contributed by atoms with van der Waals surface area (Å²) >= 11 is 0. The van der Waals surface area contributed by atoms with Crippen LogP contribution in [0.1, 0.15) is 284 Å². The van der Waals surface area contributed by atoms with E-state index in [2.05, 4.69) is 208 Å². The Kier molecular flexibility index (Phi) is 71.3. The van der Waals surface area contributed by atoms with E-state index in [0.717, 1.165) is 154 Å². The fourth-order valence-electron chi connectivity index (χ4n) is 10.0. The van der Waals surface area contributed by atoms with Gasteiger partial charge in [0.25, 0.3) is 0 Å². The van der Waals surface area contributed by atoms with Gasteiger partial charge in [-0.05, 0) is 141 Å². The summed E-state index contributed by atoms with van der Waals surface area (Å²) in [6.07, 6.45) is 114. The normalized spacial score (nSPS) is 13.8. The Morgan fingerprint density at radius 1 is 0.309 bits per heavy atom. The van der Waals surface area contributed by atoms with Gasteiger partial charge in [0.05, 0.1) is 40.3 Å². The molecule has 0 heterocycles. The first-order valence-electron chi connectivity index (χ1n) is 38.6. The summed E-state index contributed by atoms with van der Waals surface area (Å²) in [5.41, 5.74) is 0. The molecule has 0 spiro atoms. The van der Waals surface area contributed by atoms with Crippen molar-refractivity contribution < 1.29 is 42.9 Å². The highest BCUT2D eigenvalue weighted by molar-refractivity contribution is 5.70. The number of rotatable bonds is 69. The number of carbonyl (C=O) groups excluding carboxylic acids is 3. The van der Waals surface area contributed by atoms with E-state index in [-0.39, 0.29) is 38.6 Å². The van der Waals surface area contributed by atoms with E-state index in [9.17, 15) is 19.5 Å². The number of carbonyl (C=O) groups is 3. The number of carboxylic acid groups (broad SMARTS) is 1. The molecule has 9 heteroatoms. The molecule has 0 rings (SSSR count). The molecule has 0 bridgehead atoms. The van der Waals surface area contributed by atoms with Crippen molar-refractivity contribution in [3.63, 3.8) is 0 Å². The fraction of sp³-hybridized carbons (Fsp3) is 0.602. The van der Waals surface area contributed by atoms with E-state index in [4.69, 9.17) is 18.9 Å². The van der Waals surface area contributed by atoms with Gasteiger partial charge in [-0.1, -0.05) is 324 Å². The second-order valence-corrected chi connectivity index (χ2v) is 26.2. The van der Waals surface area contributed by atoms with Gasteiger partial charge in [0.2, 0.25) is 0 Å². The van der Waals surface area contributed by atoms with Crippen molar-refractivity contribution in [3.05, 3.63) is 194 Å². The van der Waals surface area contributed by atoms with Crippen LogP contribution in [0, 0.1) is 0 Å². The molecule has 546 valence electrons. The number of esters is 2. The van der Waals surface area contributed by atoms with Crippen LogP contribution < -0.4 is 5.11 Å². The molecular formula is C88H141NO8. The van der Waals surface area contributed by atoms with Gasteiger partial charge >= 0.3 is 11.9 Å². The molecule has 0 aromatic rings. The summed E-state index contributed by atoms with van der Waals surface area (Å²) in [4.78, 5) is 37.6. The first kappa shape index (κ1) is 91.1. The minimum absolute atomic E-state index is 0.135. The molecule has 97 heavy (non-hydrogen) atoms. The number of carboxylic acids is 1. The summed E-state index contributed by atoms with van der Waals surface area (Å²) < 4.78 is 22.8. The van der Waals surface area contributed by atoms with Crippen molar-refractivity contribution in [1.82, 2.24) is 0 Å². The van der Waals surface area contributed by atoms with Gasteiger partial charge in [0.1, 0.15) is 13.2 Å². The van der Waals surface area contributed by atoms with Crippen LogP contribution >= 0.6 is 0 Å². The van der Waals surface area contributed by atoms with Crippen molar-refractivity contribution in [3.8, 4) is 0 Å². The monoisotopic (exact) mass is 1340 g/mol. The Labute approximate surface area is 595 Å². The smallest absolute Gasteiger partial charge is 0.306 e. The molecule has 0 aliphatic rings. The summed E-state index contributed by atoms with van der Waals surface area (Å²) in [5, 5.41) is 11.9. The molecule has 0 saturated carbocycles. The molecule has 0 fully saturated rings. The number of nitrogens with zero attached hydrogens (tertiary/aromatic N) is 1. The lowest BCUT2D eigenvalue weighted by atomic mass is 10.0. The van der Waals surface area contributed by atoms with Crippen molar-refractivity contribution in [2.75, 3.05) is 47.5 Å². The van der Waals surface area contributed by atoms with Crippen molar-refractivity contribution >= 4 is 17.9 Å². The lowest BCUT2D eigenvalue weighted by molar-refractivity contribution is -0.870. The second-order valence-electron chi connectivity index (χ2n) is 26.2. The number of aliphatic carboxylic acids is 1. The maximum absolute atomic E-state index is 13.0. The predicted molar refractivity (Wildman–Crippen MR) is 416 cm³/mol. The topological polar surface area (TPSA) is 111 Å². The van der Waals surface area contributed by atoms with E-state index in [1.165, 1.54) is 96.3 Å². The van der Waals surface area contributed by atoms with Crippen LogP contribution in [0.3, 0.4) is 0 Å². The van der Waals surface area contributed by atoms with E-state index in [0.29, 0.717) is 17.4 Å². The van der Waals surface area contributed by atoms with Crippen LogP contribution in [0.5, 0.6) is 0 Å². The molecule has 0 aromatic heterocycles. The lowest BCUT2D eigenvalue weighted by Crippen LogP contribution is -2.44. The van der Waals surface area contributed by atoms with Crippen LogP contribution in [-0.4, -0.2) is 82.3 Å². The van der Waals surface area contributed by atoms with Gasteiger partial charge in [0.15, 0.2) is 12.4 Å². The zero-order chi connectivity index (χ0) is 70.4. The number of hydrogen-bond donors (Lipinski definition) is 0. The van der Waals surface area contributed by atoms with Gasteiger partial charge in [-0.3, -0.25) is 9.59 Å². The van der Waals surface area contributed by atoms with Crippen LogP contribution in [0.25, 0.3) is 0 Å². The highest BCUT2D eigenvalue weighted by Crippen LogP contribution is 2.17. The average Bonchev–Trinajstić information content (AvgIpc) is 2.59. The molecule has 0 amide bonds. The number of likely N-dealkylation sites (N-methyl/N-ethyl adjacent to an activating group) is 1. The fourth-order valence-corrected chi connectivity index (χ4v) is 10.0. The zero-order valence-electron chi connectivity index (χ0n) is 62.4. The SMILES string of the molecule is CC/C=C\C/C=C\C/C=C\C/C=C\C/C=C\C/C=C\C/C=C\C/C=C\C/C=C\CCCCCCCC(=O)OC(COC(=O)CCCCCCCCCCCCCCCCCCC/C=C\C/C=C\C/C=C\C/C=C\C/C=C\C/C=C\C/C=C\CC)COC(OCC[N+](C)(C)C)C(=O)[O-]. The number of ether oxygens (including phenoxy) is 4. The summed E-state index contributed by atoms with van der Waals surface area (Å²) in [6, 6.07) is 0. The largest absolute Gasteiger partial charge is 0.545 e. The maximum atomic E-state index is 13.0. The number of unbranched alkanes of at least 4 members (excludes halogenated alkanes) is 22. The van der Waals surface area contributed by atoms with E-state index < -0.39 is 24.3 Å². The van der Waals surface area contributed by atoms with Gasteiger partial charge in [0, 0.05) is 12.8 Å². The highest BCUT2D eigenvalue weighted by Gasteiger charge is 2.22. The molecule has 0 saturated heterocycles. The minimum atomic E-state index is -1.64. The second kappa shape index (κ2) is 75.9. The Hall–Kier alpha value is -5.87. The quantitative estimate of drug-likeness (QED) is 0.0195. The van der Waals surface area contributed by atoms with E-state index >= 15 is 0 Å². The molecule has 0 aromatic carbocycles. The number of allylic oxidation sites excluding steroid dienone is 32. The standard InChI is InChI=1S/C88H141NO8/c1-6-8-10-12-14-16-18-20-22-24-26-28-30-32-34-36-38-40-41-42-43-44-45-47-48-50-52-54-56-58-60-62-64-66-68-70-72-74-76-78-85(90)95-82-84(83-96-88(87(92)93)94-81-80-89(3,4)5)97-86(91)79-77-75-73-71-69-67-65-63-61-59-57-55-53-51-49-46-39-37-35-33-31-29-27-25-23-21-19-17-15-13-11-9-7-2/h8-11,14-17,20-23,26-29,32-35,38-40,42-43,46,51,53,57,59,63,65,84,88H,6-7,12-13,18-19,24-25,30-31,36-37,41,44-45,47-50,52,54-56,58,60-62,64,66-83H2,1-5H3/b10-8-,11-9-,16-14-,17-15-,22-20-,23-21-,28-26-,29-27-,34-32-,35-33-,40-38-,43-42-,46-39-,53-51-,59-57-,65-63-. The van der Waals surface area contributed by atoms with Crippen LogP contribution in [0.4, 0.5) is 0 Å². The molecule has 2 atom stereocenters. The molecule has 0 N–H and O–H groups in total. The Balaban J connectivity index is 4.14. The summed E-state index contributed by atoms with van der Waals surface area (Å²) in [5.74, 6) is -2.32. The first-order valence-corrected chi connectivity index (χ1v) is 38.6. The van der Waals surface area contributed by atoms with Gasteiger partial charge in [-0.25, -0.2) is 0 Å². The van der Waals surface area contributed by atoms with Crippen molar-refractivity contribution in [2.45, 2.75) is 296 Å². The molecular weight excluding hydrogens is 1200 g/mol. The van der Waals surface area contributed by atoms with Crippen molar-refractivity contribution in [2.24, 2.45) is 0 Å². The molecule has 0 radical (unpaired) electrons. The first-order chi connectivity index (χ1) is 47.6. The van der Waals surface area contributed by atoms with Gasteiger partial charge < -0.3 is 33.3 Å². The predicted octanol–water partition coefficient (Wildman–Crippen LogP) is 23.6. The highest BCUT2D eigenvalue weighted by atomic mass is 16.7. The maximum Gasteiger partial charge on any atom is 0.306 e. The summed E-state index contributed by atoms with van der Waals surface area (Å²) in [7, 11) is 5.92. The number of quaternary nitrogens is 1. The zero-order valence-corrected chi connectivity index (χ0v) is 62.4. The molecule has 9 nitrogen and oxygen atoms in total. The van der Waals surface area contributed by atoms with E-state index in [1.54, 1.807) is 0 Å². The van der Waals surface area contributed by atoms with Gasteiger partial charge in [-0.2, -0.15) is 0 Å². The third kappa shape index (κ3) is 77.4. The summed E-state index contributed by atoms with van der Waals surface area (Å²) in [6.45, 7) is 4.49. The Morgan fingerprint density at radius 3 is 0.825 bits per heavy atom. The van der Waals surface area contributed by atoms with Crippen LogP contribution in [0.2, 0.25) is 0 Å².